The van der Waals surface area contributed by atoms with Crippen molar-refractivity contribution in [1.29, 1.82) is 0 Å². The molecule has 1 heterocycles. The van der Waals surface area contributed by atoms with E-state index in [9.17, 15) is 13.2 Å². The molecule has 1 aliphatic rings. The van der Waals surface area contributed by atoms with Gasteiger partial charge in [-0.2, -0.15) is 0 Å². The Kier molecular flexibility index (Phi) is 7.12. The van der Waals surface area contributed by atoms with Gasteiger partial charge >= 0.3 is 0 Å². The van der Waals surface area contributed by atoms with E-state index in [2.05, 4.69) is 14.9 Å². The van der Waals surface area contributed by atoms with Crippen molar-refractivity contribution < 1.29 is 17.9 Å². The zero-order chi connectivity index (χ0) is 21.7. The van der Waals surface area contributed by atoms with Gasteiger partial charge < -0.3 is 10.1 Å². The quantitative estimate of drug-likeness (QED) is 0.704. The van der Waals surface area contributed by atoms with Crippen LogP contribution >= 0.6 is 0 Å². The molecule has 8 heteroatoms. The molecule has 1 saturated heterocycles. The Morgan fingerprint density at radius 3 is 2.43 bits per heavy atom. The van der Waals surface area contributed by atoms with Crippen molar-refractivity contribution in [2.24, 2.45) is 0 Å². The Labute approximate surface area is 178 Å². The highest BCUT2D eigenvalue weighted by Crippen LogP contribution is 2.18. The molecule has 30 heavy (non-hydrogen) atoms. The van der Waals surface area contributed by atoms with Crippen molar-refractivity contribution in [3.63, 3.8) is 0 Å². The number of amides is 1. The molecule has 2 aromatic rings. The van der Waals surface area contributed by atoms with E-state index in [-0.39, 0.29) is 23.0 Å². The third-order valence-electron chi connectivity index (χ3n) is 4.92. The van der Waals surface area contributed by atoms with Gasteiger partial charge in [-0.3, -0.25) is 14.4 Å². The Balaban J connectivity index is 1.60. The number of nitrogens with zero attached hydrogens (tertiary/aromatic N) is 1. The first-order valence-corrected chi connectivity index (χ1v) is 11.6. The van der Waals surface area contributed by atoms with Gasteiger partial charge in [0.1, 0.15) is 0 Å². The number of anilines is 1. The fraction of sp³-hybridized carbons (Fsp3) is 0.409. The maximum Gasteiger partial charge on any atom is 0.261 e. The molecule has 2 aromatic carbocycles. The predicted molar refractivity (Wildman–Crippen MR) is 117 cm³/mol. The fourth-order valence-electron chi connectivity index (χ4n) is 3.54. The number of carbonyl (C=O) groups is 1. The van der Waals surface area contributed by atoms with Crippen LogP contribution in [-0.4, -0.2) is 57.6 Å². The number of benzene rings is 2. The van der Waals surface area contributed by atoms with Crippen LogP contribution in [0, 0.1) is 6.92 Å². The van der Waals surface area contributed by atoms with E-state index < -0.39 is 10.0 Å². The SMILES string of the molecule is Cc1ccc(NS(=O)(=O)c2cccc(C(=O)NCCN3CC(C)OC(C)C3)c2)cc1. The maximum absolute atomic E-state index is 12.7. The first-order chi connectivity index (χ1) is 14.2. The molecule has 162 valence electrons. The van der Waals surface area contributed by atoms with Crippen molar-refractivity contribution in [1.82, 2.24) is 10.2 Å². The number of rotatable bonds is 7. The lowest BCUT2D eigenvalue weighted by molar-refractivity contribution is -0.0672. The third kappa shape index (κ3) is 6.04. The van der Waals surface area contributed by atoms with Gasteiger partial charge in [-0.1, -0.05) is 23.8 Å². The normalized spacial score (nSPS) is 20.0. The molecule has 0 radical (unpaired) electrons. The molecule has 0 spiro atoms. The van der Waals surface area contributed by atoms with Crippen molar-refractivity contribution in [3.05, 3.63) is 59.7 Å². The number of aryl methyl sites for hydroxylation is 1. The summed E-state index contributed by atoms with van der Waals surface area (Å²) in [4.78, 5) is 14.8. The van der Waals surface area contributed by atoms with Gasteiger partial charge in [0.2, 0.25) is 0 Å². The topological polar surface area (TPSA) is 87.7 Å². The van der Waals surface area contributed by atoms with Crippen molar-refractivity contribution in [2.75, 3.05) is 30.9 Å². The summed E-state index contributed by atoms with van der Waals surface area (Å²) in [5.41, 5.74) is 1.83. The number of nitrogens with one attached hydrogen (secondary N) is 2. The van der Waals surface area contributed by atoms with Crippen LogP contribution in [0.15, 0.2) is 53.4 Å². The second-order valence-electron chi connectivity index (χ2n) is 7.77. The third-order valence-corrected chi connectivity index (χ3v) is 6.30. The first kappa shape index (κ1) is 22.3. The fourth-order valence-corrected chi connectivity index (χ4v) is 4.64. The molecular weight excluding hydrogens is 402 g/mol. The number of carbonyl (C=O) groups excluding carboxylic acids is 1. The summed E-state index contributed by atoms with van der Waals surface area (Å²) in [6.45, 7) is 8.88. The monoisotopic (exact) mass is 431 g/mol. The number of ether oxygens (including phenoxy) is 1. The lowest BCUT2D eigenvalue weighted by Gasteiger charge is -2.35. The Bertz CT molecular complexity index is 966. The molecule has 2 N–H and O–H groups in total. The highest BCUT2D eigenvalue weighted by atomic mass is 32.2. The zero-order valence-corrected chi connectivity index (χ0v) is 18.4. The number of hydrogen-bond acceptors (Lipinski definition) is 5. The first-order valence-electron chi connectivity index (χ1n) is 10.1. The highest BCUT2D eigenvalue weighted by molar-refractivity contribution is 7.92. The van der Waals surface area contributed by atoms with E-state index >= 15 is 0 Å². The average Bonchev–Trinajstić information content (AvgIpc) is 2.69. The van der Waals surface area contributed by atoms with Gasteiger partial charge in [0.05, 0.1) is 17.1 Å². The molecule has 2 unspecified atom stereocenters. The van der Waals surface area contributed by atoms with Crippen molar-refractivity contribution in [2.45, 2.75) is 37.9 Å². The molecule has 0 bridgehead atoms. The van der Waals surface area contributed by atoms with Crippen LogP contribution in [0.3, 0.4) is 0 Å². The summed E-state index contributed by atoms with van der Waals surface area (Å²) < 4.78 is 33.6. The standard InChI is InChI=1S/C22H29N3O4S/c1-16-7-9-20(10-8-16)24-30(27,28)21-6-4-5-19(13-21)22(26)23-11-12-25-14-17(2)29-18(3)15-25/h4-10,13,17-18,24H,11-12,14-15H2,1-3H3,(H,23,26). The lowest BCUT2D eigenvalue weighted by Crippen LogP contribution is -2.47. The molecule has 1 amide bonds. The molecular formula is C22H29N3O4S. The maximum atomic E-state index is 12.7. The van der Waals surface area contributed by atoms with E-state index in [0.717, 1.165) is 25.2 Å². The predicted octanol–water partition coefficient (Wildman–Crippen LogP) is 2.63. The van der Waals surface area contributed by atoms with E-state index in [1.807, 2.05) is 32.9 Å². The van der Waals surface area contributed by atoms with Gasteiger partial charge in [0.15, 0.2) is 0 Å². The molecule has 3 rings (SSSR count). The number of hydrogen-bond donors (Lipinski definition) is 2. The largest absolute Gasteiger partial charge is 0.373 e. The summed E-state index contributed by atoms with van der Waals surface area (Å²) >= 11 is 0. The molecule has 0 aromatic heterocycles. The summed E-state index contributed by atoms with van der Waals surface area (Å²) in [7, 11) is -3.78. The number of sulfonamides is 1. The second kappa shape index (κ2) is 9.59. The van der Waals surface area contributed by atoms with Crippen LogP contribution in [-0.2, 0) is 14.8 Å². The molecule has 1 fully saturated rings. The Hall–Kier alpha value is -2.42. The minimum absolute atomic E-state index is 0.0477. The lowest BCUT2D eigenvalue weighted by atomic mass is 10.2. The van der Waals surface area contributed by atoms with Crippen LogP contribution in [0.4, 0.5) is 5.69 Å². The van der Waals surface area contributed by atoms with Crippen LogP contribution in [0.2, 0.25) is 0 Å². The second-order valence-corrected chi connectivity index (χ2v) is 9.45. The smallest absolute Gasteiger partial charge is 0.261 e. The summed E-state index contributed by atoms with van der Waals surface area (Å²) in [6.07, 6.45) is 0.347. The minimum atomic E-state index is -3.78. The van der Waals surface area contributed by atoms with Gasteiger partial charge in [-0.15, -0.1) is 0 Å². The van der Waals surface area contributed by atoms with Crippen molar-refractivity contribution >= 4 is 21.6 Å². The van der Waals surface area contributed by atoms with Crippen LogP contribution in [0.25, 0.3) is 0 Å². The minimum Gasteiger partial charge on any atom is -0.373 e. The number of morpholine rings is 1. The van der Waals surface area contributed by atoms with E-state index in [1.54, 1.807) is 24.3 Å². The summed E-state index contributed by atoms with van der Waals surface area (Å²) in [5, 5.41) is 2.87. The molecule has 7 nitrogen and oxygen atoms in total. The van der Waals surface area contributed by atoms with Gasteiger partial charge in [-0.05, 0) is 51.1 Å². The van der Waals surface area contributed by atoms with Crippen molar-refractivity contribution in [3.8, 4) is 0 Å². The van der Waals surface area contributed by atoms with Crippen LogP contribution in [0.5, 0.6) is 0 Å². The summed E-state index contributed by atoms with van der Waals surface area (Å²) in [6, 6.07) is 13.1. The molecule has 1 aliphatic heterocycles. The van der Waals surface area contributed by atoms with Gasteiger partial charge in [0.25, 0.3) is 15.9 Å². The molecule has 0 saturated carbocycles. The highest BCUT2D eigenvalue weighted by Gasteiger charge is 2.22. The Morgan fingerprint density at radius 1 is 1.10 bits per heavy atom. The zero-order valence-electron chi connectivity index (χ0n) is 17.6. The van der Waals surface area contributed by atoms with Crippen LogP contribution in [0.1, 0.15) is 29.8 Å². The Morgan fingerprint density at radius 2 is 1.77 bits per heavy atom. The van der Waals surface area contributed by atoms with Crippen LogP contribution < -0.4 is 10.0 Å². The molecule has 0 aliphatic carbocycles. The van der Waals surface area contributed by atoms with E-state index in [4.69, 9.17) is 4.74 Å². The van der Waals surface area contributed by atoms with E-state index in [0.29, 0.717) is 17.8 Å². The summed E-state index contributed by atoms with van der Waals surface area (Å²) in [5.74, 6) is -0.295. The van der Waals surface area contributed by atoms with Gasteiger partial charge in [-0.25, -0.2) is 8.42 Å². The van der Waals surface area contributed by atoms with Gasteiger partial charge in [0, 0.05) is 37.4 Å². The molecule has 2 atom stereocenters. The van der Waals surface area contributed by atoms with E-state index in [1.165, 1.54) is 12.1 Å². The average molecular weight is 432 g/mol.